The maximum Gasteiger partial charge on any atom is 0.255 e. The van der Waals surface area contributed by atoms with Crippen molar-refractivity contribution in [3.8, 4) is 11.5 Å². The number of primary amides is 2. The number of ketones is 4. The third-order valence-corrected chi connectivity index (χ3v) is 14.8. The number of benzene rings is 2. The molecule has 22 heteroatoms. The standard InChI is InChI=1S/2C22H23ClN2O8/c2*1-21(32)7-6-8-15(25(2)3)17(28)13(20(24)31)19(30)22(8,33)18(29)11(7)16(27)12-10(26)5-4-9(23)14(12)21/h2*4-5,7-8,15,26-27,30,32-33H,6H2,1-3H3,(H2,24,31)/t2*7-,8-,15-,21-,22-/m00/s1. The molecule has 2 aromatic rings. The molecular formula is C44H46Cl2N4O16. The third-order valence-electron chi connectivity index (χ3n) is 14.1. The van der Waals surface area contributed by atoms with Gasteiger partial charge in [0.15, 0.2) is 22.8 Å². The van der Waals surface area contributed by atoms with Crippen molar-refractivity contribution in [3.05, 3.63) is 90.4 Å². The lowest BCUT2D eigenvalue weighted by Gasteiger charge is -2.53. The lowest BCUT2D eigenvalue weighted by Crippen LogP contribution is -2.67. The molecule has 0 bridgehead atoms. The summed E-state index contributed by atoms with van der Waals surface area (Å²) in [4.78, 5) is 80.2. The fourth-order valence-corrected chi connectivity index (χ4v) is 11.9. The number of aliphatic hydroxyl groups excluding tert-OH is 4. The van der Waals surface area contributed by atoms with Gasteiger partial charge in [-0.05, 0) is 79.1 Å². The molecule has 0 heterocycles. The predicted molar refractivity (Wildman–Crippen MR) is 230 cm³/mol. The Morgan fingerprint density at radius 2 is 0.894 bits per heavy atom. The van der Waals surface area contributed by atoms with E-state index in [9.17, 15) is 79.8 Å². The van der Waals surface area contributed by atoms with Crippen LogP contribution in [0, 0.1) is 23.7 Å². The molecule has 6 aliphatic carbocycles. The van der Waals surface area contributed by atoms with Crippen molar-refractivity contribution in [3.63, 3.8) is 0 Å². The van der Waals surface area contributed by atoms with Gasteiger partial charge in [-0.1, -0.05) is 23.2 Å². The number of phenols is 2. The average molecular weight is 958 g/mol. The molecule has 0 saturated heterocycles. The molecule has 10 atom stereocenters. The SMILES string of the molecule is CN(C)[C@@H]1C(=O)C(C(N)=O)=C(O)[C@@]2(O)C(=O)C3=C(O)c4c(O)ccc(Cl)c4[C@@](C)(O)[C@H]3C[C@@H]12.CN(C)[C@@H]1C(=O)C(C(N)=O)=C(O)[C@@]2(O)C(=O)C3=C(O)c4c(O)ccc(Cl)c4[C@@](C)(O)[C@H]3C[C@@H]12. The van der Waals surface area contributed by atoms with Crippen LogP contribution in [0.1, 0.15) is 48.9 Å². The summed E-state index contributed by atoms with van der Waals surface area (Å²) in [6.45, 7) is 2.68. The minimum Gasteiger partial charge on any atom is -0.508 e. The minimum atomic E-state index is -2.78. The Morgan fingerprint density at radius 3 is 1.17 bits per heavy atom. The number of carbonyl (C=O) groups is 6. The number of carbonyl (C=O) groups excluding carboxylic acids is 6. The maximum absolute atomic E-state index is 13.7. The smallest absolute Gasteiger partial charge is 0.255 e. The van der Waals surface area contributed by atoms with E-state index in [2.05, 4.69) is 0 Å². The number of nitrogens with two attached hydrogens (primary N) is 2. The molecule has 0 radical (unpaired) electrons. The van der Waals surface area contributed by atoms with Gasteiger partial charge in [0.25, 0.3) is 11.8 Å². The molecule has 2 saturated carbocycles. The van der Waals surface area contributed by atoms with Crippen molar-refractivity contribution < 1.29 is 79.8 Å². The van der Waals surface area contributed by atoms with Gasteiger partial charge < -0.3 is 62.5 Å². The summed E-state index contributed by atoms with van der Waals surface area (Å²) < 4.78 is 0. The van der Waals surface area contributed by atoms with Crippen molar-refractivity contribution >= 4 is 69.7 Å². The number of nitrogens with zero attached hydrogens (tertiary/aromatic N) is 2. The molecule has 20 nitrogen and oxygen atoms in total. The van der Waals surface area contributed by atoms with Crippen LogP contribution in [0.2, 0.25) is 10.0 Å². The van der Waals surface area contributed by atoms with Crippen LogP contribution >= 0.6 is 23.2 Å². The van der Waals surface area contributed by atoms with Gasteiger partial charge in [-0.2, -0.15) is 0 Å². The lowest BCUT2D eigenvalue weighted by atomic mass is 9.54. The van der Waals surface area contributed by atoms with Gasteiger partial charge in [0, 0.05) is 56.0 Å². The fourth-order valence-electron chi connectivity index (χ4n) is 11.2. The van der Waals surface area contributed by atoms with E-state index in [0.717, 1.165) is 0 Å². The summed E-state index contributed by atoms with van der Waals surface area (Å²) >= 11 is 12.6. The highest BCUT2D eigenvalue weighted by atomic mass is 35.5. The number of fused-ring (bicyclic) bond motifs is 6. The number of likely N-dealkylation sites (N-methyl/N-ethyl adjacent to an activating group) is 2. The number of hydrogen-bond donors (Lipinski definition) is 12. The monoisotopic (exact) mass is 956 g/mol. The molecule has 2 amide bonds. The Morgan fingerprint density at radius 1 is 0.591 bits per heavy atom. The van der Waals surface area contributed by atoms with E-state index in [1.165, 1.54) is 76.1 Å². The third kappa shape index (κ3) is 6.12. The molecule has 0 unspecified atom stereocenters. The number of Topliss-reactive ketones (excluding diaryl/α,β-unsaturated/α-hetero) is 4. The fraction of sp³-hybridized carbons (Fsp3) is 0.409. The maximum atomic E-state index is 13.7. The van der Waals surface area contributed by atoms with Crippen LogP contribution in [0.15, 0.2) is 58.1 Å². The number of halogens is 2. The molecule has 0 aliphatic heterocycles. The van der Waals surface area contributed by atoms with Crippen LogP contribution in [-0.2, 0) is 40.0 Å². The molecule has 352 valence electrons. The van der Waals surface area contributed by atoms with E-state index in [1.807, 2.05) is 0 Å². The van der Waals surface area contributed by atoms with Crippen molar-refractivity contribution in [1.29, 1.82) is 0 Å². The highest BCUT2D eigenvalue weighted by Crippen LogP contribution is 2.60. The van der Waals surface area contributed by atoms with Gasteiger partial charge in [-0.3, -0.25) is 38.6 Å². The summed E-state index contributed by atoms with van der Waals surface area (Å²) in [7, 11) is 5.95. The molecule has 14 N–H and O–H groups in total. The number of phenolic OH excluding ortho intramolecular Hbond substituents is 2. The molecule has 66 heavy (non-hydrogen) atoms. The topological polar surface area (TPSA) is 363 Å². The second-order valence-corrected chi connectivity index (χ2v) is 19.0. The highest BCUT2D eigenvalue weighted by molar-refractivity contribution is 6.33. The number of aliphatic hydroxyl groups is 8. The first-order chi connectivity index (χ1) is 30.4. The predicted octanol–water partition coefficient (Wildman–Crippen LogP) is 0.565. The average Bonchev–Trinajstić information content (AvgIpc) is 3.20. The molecule has 2 fully saturated rings. The minimum absolute atomic E-state index is 0.0187. The summed E-state index contributed by atoms with van der Waals surface area (Å²) in [6, 6.07) is 2.48. The second-order valence-electron chi connectivity index (χ2n) is 18.2. The van der Waals surface area contributed by atoms with Gasteiger partial charge in [-0.15, -0.1) is 0 Å². The van der Waals surface area contributed by atoms with E-state index >= 15 is 0 Å². The molecular weight excluding hydrogens is 911 g/mol. The van der Waals surface area contributed by atoms with Crippen LogP contribution < -0.4 is 11.5 Å². The lowest BCUT2D eigenvalue weighted by molar-refractivity contribution is -0.160. The van der Waals surface area contributed by atoms with Gasteiger partial charge in [0.2, 0.25) is 11.6 Å². The van der Waals surface area contributed by atoms with Gasteiger partial charge in [0.05, 0.1) is 34.4 Å². The van der Waals surface area contributed by atoms with Crippen LogP contribution in [0.3, 0.4) is 0 Å². The first kappa shape index (κ1) is 48.1. The Labute approximate surface area is 384 Å². The van der Waals surface area contributed by atoms with Crippen molar-refractivity contribution in [2.45, 2.75) is 61.2 Å². The molecule has 2 aromatic carbocycles. The number of rotatable bonds is 4. The van der Waals surface area contributed by atoms with Crippen molar-refractivity contribution in [1.82, 2.24) is 9.80 Å². The first-order valence-corrected chi connectivity index (χ1v) is 20.9. The Kier molecular flexibility index (Phi) is 11.2. The quantitative estimate of drug-likeness (QED) is 0.186. The number of aromatic hydroxyl groups is 2. The van der Waals surface area contributed by atoms with Crippen molar-refractivity contribution in [2.75, 3.05) is 28.2 Å². The van der Waals surface area contributed by atoms with Gasteiger partial charge in [-0.25, -0.2) is 0 Å². The molecule has 0 spiro atoms. The van der Waals surface area contributed by atoms with Crippen LogP contribution in [0.25, 0.3) is 11.5 Å². The first-order valence-electron chi connectivity index (χ1n) is 20.2. The second kappa shape index (κ2) is 15.4. The van der Waals surface area contributed by atoms with E-state index in [-0.39, 0.29) is 45.1 Å². The summed E-state index contributed by atoms with van der Waals surface area (Å²) in [5.41, 5.74) is -2.21. The van der Waals surface area contributed by atoms with Crippen LogP contribution in [0.5, 0.6) is 11.5 Å². The largest absolute Gasteiger partial charge is 0.508 e. The summed E-state index contributed by atoms with van der Waals surface area (Å²) in [5, 5.41) is 110. The van der Waals surface area contributed by atoms with Crippen LogP contribution in [0.4, 0.5) is 0 Å². The van der Waals surface area contributed by atoms with Gasteiger partial charge in [0.1, 0.15) is 45.7 Å². The zero-order valence-corrected chi connectivity index (χ0v) is 37.4. The Hall–Kier alpha value is -5.84. The molecule has 6 aliphatic rings. The summed E-state index contributed by atoms with van der Waals surface area (Å²) in [6.07, 6.45) is -0.518. The Balaban J connectivity index is 0.000000196. The highest BCUT2D eigenvalue weighted by Gasteiger charge is 2.68. The normalized spacial score (nSPS) is 33.7. The zero-order valence-electron chi connectivity index (χ0n) is 35.9. The van der Waals surface area contributed by atoms with Gasteiger partial charge >= 0.3 is 0 Å². The molecule has 8 rings (SSSR count). The molecule has 0 aromatic heterocycles. The number of hydrogen-bond acceptors (Lipinski definition) is 18. The van der Waals surface area contributed by atoms with Crippen LogP contribution in [-0.4, -0.2) is 147 Å². The van der Waals surface area contributed by atoms with E-state index in [1.54, 1.807) is 0 Å². The number of amides is 2. The summed E-state index contributed by atoms with van der Waals surface area (Å²) in [5.74, 6) is -16.6. The zero-order chi connectivity index (χ0) is 49.6. The van der Waals surface area contributed by atoms with Crippen molar-refractivity contribution in [2.24, 2.45) is 35.1 Å². The van der Waals surface area contributed by atoms with E-state index in [0.29, 0.717) is 0 Å². The van der Waals surface area contributed by atoms with E-state index < -0.39 is 150 Å². The van der Waals surface area contributed by atoms with E-state index in [4.69, 9.17) is 34.7 Å². The Bertz CT molecular complexity index is 2590.